The fourth-order valence-corrected chi connectivity index (χ4v) is 1.53. The Kier molecular flexibility index (Phi) is 3.05. The number of carbonyl (C=O) groups is 1. The van der Waals surface area contributed by atoms with E-state index in [0.29, 0.717) is 11.4 Å². The molecule has 17 heavy (non-hydrogen) atoms. The quantitative estimate of drug-likeness (QED) is 0.878. The van der Waals surface area contributed by atoms with Crippen LogP contribution >= 0.6 is 0 Å². The summed E-state index contributed by atoms with van der Waals surface area (Å²) >= 11 is 0. The summed E-state index contributed by atoms with van der Waals surface area (Å²) < 4.78 is 5.18. The van der Waals surface area contributed by atoms with Crippen molar-refractivity contribution in [2.75, 3.05) is 7.11 Å². The van der Waals surface area contributed by atoms with Crippen LogP contribution in [0.2, 0.25) is 0 Å². The summed E-state index contributed by atoms with van der Waals surface area (Å²) in [6.45, 7) is 0. The Morgan fingerprint density at radius 2 is 1.88 bits per heavy atom. The topological polar surface area (TPSA) is 59.4 Å². The van der Waals surface area contributed by atoms with Crippen LogP contribution in [-0.4, -0.2) is 23.2 Å². The molecule has 0 radical (unpaired) electrons. The number of benzene rings is 1. The average Bonchev–Trinajstić information content (AvgIpc) is 2.39. The van der Waals surface area contributed by atoms with E-state index in [4.69, 9.17) is 9.84 Å². The van der Waals surface area contributed by atoms with Gasteiger partial charge in [-0.05, 0) is 12.1 Å². The highest BCUT2D eigenvalue weighted by atomic mass is 16.5. The van der Waals surface area contributed by atoms with Crippen molar-refractivity contribution in [2.24, 2.45) is 0 Å². The first-order chi connectivity index (χ1) is 8.22. The Hall–Kier alpha value is -2.36. The van der Waals surface area contributed by atoms with Crippen LogP contribution in [0.3, 0.4) is 0 Å². The molecule has 86 valence electrons. The molecule has 0 bridgehead atoms. The second-order valence-corrected chi connectivity index (χ2v) is 3.42. The SMILES string of the molecule is COc1ccc(C(=O)O)nc1-c1ccccc1. The van der Waals surface area contributed by atoms with Crippen LogP contribution in [0.1, 0.15) is 10.5 Å². The van der Waals surface area contributed by atoms with Crippen molar-refractivity contribution < 1.29 is 14.6 Å². The first-order valence-corrected chi connectivity index (χ1v) is 5.06. The maximum Gasteiger partial charge on any atom is 0.354 e. The monoisotopic (exact) mass is 229 g/mol. The van der Waals surface area contributed by atoms with Gasteiger partial charge in [0.2, 0.25) is 0 Å². The van der Waals surface area contributed by atoms with Gasteiger partial charge in [-0.15, -0.1) is 0 Å². The largest absolute Gasteiger partial charge is 0.494 e. The molecular formula is C13H11NO3. The van der Waals surface area contributed by atoms with Crippen LogP contribution < -0.4 is 4.74 Å². The van der Waals surface area contributed by atoms with E-state index in [1.807, 2.05) is 30.3 Å². The molecule has 0 amide bonds. The smallest absolute Gasteiger partial charge is 0.354 e. The molecule has 1 aromatic heterocycles. The van der Waals surface area contributed by atoms with E-state index in [1.165, 1.54) is 13.2 Å². The van der Waals surface area contributed by atoms with Gasteiger partial charge >= 0.3 is 5.97 Å². The Morgan fingerprint density at radius 1 is 1.18 bits per heavy atom. The van der Waals surface area contributed by atoms with Gasteiger partial charge in [-0.2, -0.15) is 0 Å². The number of hydrogen-bond donors (Lipinski definition) is 1. The third-order valence-corrected chi connectivity index (χ3v) is 2.34. The van der Waals surface area contributed by atoms with Gasteiger partial charge in [0.15, 0.2) is 0 Å². The van der Waals surface area contributed by atoms with Crippen LogP contribution in [0.5, 0.6) is 5.75 Å². The van der Waals surface area contributed by atoms with Gasteiger partial charge in [0.1, 0.15) is 17.1 Å². The van der Waals surface area contributed by atoms with Gasteiger partial charge in [0.05, 0.1) is 7.11 Å². The van der Waals surface area contributed by atoms with Crippen molar-refractivity contribution in [3.63, 3.8) is 0 Å². The number of carboxylic acids is 1. The highest BCUT2D eigenvalue weighted by molar-refractivity contribution is 5.86. The Morgan fingerprint density at radius 3 is 2.47 bits per heavy atom. The number of ether oxygens (including phenoxy) is 1. The van der Waals surface area contributed by atoms with Crippen molar-refractivity contribution in [1.29, 1.82) is 0 Å². The highest BCUT2D eigenvalue weighted by Crippen LogP contribution is 2.27. The molecule has 2 rings (SSSR count). The Balaban J connectivity index is 2.58. The molecule has 0 unspecified atom stereocenters. The number of carboxylic acid groups (broad SMARTS) is 1. The number of aromatic carboxylic acids is 1. The third-order valence-electron chi connectivity index (χ3n) is 2.34. The molecule has 4 nitrogen and oxygen atoms in total. The van der Waals surface area contributed by atoms with Crippen molar-refractivity contribution in [3.05, 3.63) is 48.2 Å². The molecule has 1 aromatic carbocycles. The zero-order valence-electron chi connectivity index (χ0n) is 9.25. The van der Waals surface area contributed by atoms with Crippen LogP contribution in [0.4, 0.5) is 0 Å². The van der Waals surface area contributed by atoms with Gasteiger partial charge in [-0.3, -0.25) is 0 Å². The minimum absolute atomic E-state index is 0.00431. The molecule has 0 saturated carbocycles. The first-order valence-electron chi connectivity index (χ1n) is 5.06. The minimum atomic E-state index is -1.05. The Labute approximate surface area is 98.5 Å². The van der Waals surface area contributed by atoms with E-state index < -0.39 is 5.97 Å². The summed E-state index contributed by atoms with van der Waals surface area (Å²) in [5.74, 6) is -0.494. The molecule has 0 spiro atoms. The van der Waals surface area contributed by atoms with Crippen LogP contribution in [0.25, 0.3) is 11.3 Å². The van der Waals surface area contributed by atoms with Gasteiger partial charge in [-0.1, -0.05) is 30.3 Å². The van der Waals surface area contributed by atoms with Gasteiger partial charge in [0.25, 0.3) is 0 Å². The summed E-state index contributed by atoms with van der Waals surface area (Å²) in [4.78, 5) is 15.0. The van der Waals surface area contributed by atoms with Crippen LogP contribution in [-0.2, 0) is 0 Å². The molecule has 4 heteroatoms. The molecule has 2 aromatic rings. The summed E-state index contributed by atoms with van der Waals surface area (Å²) in [7, 11) is 1.53. The molecular weight excluding hydrogens is 218 g/mol. The maximum absolute atomic E-state index is 10.9. The van der Waals surface area contributed by atoms with E-state index in [-0.39, 0.29) is 5.69 Å². The van der Waals surface area contributed by atoms with Crippen molar-refractivity contribution in [2.45, 2.75) is 0 Å². The lowest BCUT2D eigenvalue weighted by molar-refractivity contribution is 0.0690. The lowest BCUT2D eigenvalue weighted by atomic mass is 10.1. The first kappa shape index (κ1) is 11.1. The molecule has 0 aliphatic heterocycles. The summed E-state index contributed by atoms with van der Waals surface area (Å²) in [6.07, 6.45) is 0. The number of methoxy groups -OCH3 is 1. The maximum atomic E-state index is 10.9. The van der Waals surface area contributed by atoms with E-state index in [9.17, 15) is 4.79 Å². The van der Waals surface area contributed by atoms with E-state index in [2.05, 4.69) is 4.98 Å². The number of pyridine rings is 1. The van der Waals surface area contributed by atoms with Crippen LogP contribution in [0, 0.1) is 0 Å². The summed E-state index contributed by atoms with van der Waals surface area (Å²) in [6, 6.07) is 12.4. The molecule has 1 N–H and O–H groups in total. The summed E-state index contributed by atoms with van der Waals surface area (Å²) in [5, 5.41) is 8.92. The fraction of sp³-hybridized carbons (Fsp3) is 0.0769. The number of rotatable bonds is 3. The third kappa shape index (κ3) is 2.25. The lowest BCUT2D eigenvalue weighted by Gasteiger charge is -2.08. The second kappa shape index (κ2) is 4.65. The van der Waals surface area contributed by atoms with Gasteiger partial charge in [0, 0.05) is 5.56 Å². The Bertz CT molecular complexity index is 538. The van der Waals surface area contributed by atoms with Crippen molar-refractivity contribution in [3.8, 4) is 17.0 Å². The number of nitrogens with zero attached hydrogens (tertiary/aromatic N) is 1. The summed E-state index contributed by atoms with van der Waals surface area (Å²) in [5.41, 5.74) is 1.37. The van der Waals surface area contributed by atoms with Crippen LogP contribution in [0.15, 0.2) is 42.5 Å². The van der Waals surface area contributed by atoms with Crippen molar-refractivity contribution in [1.82, 2.24) is 4.98 Å². The fourth-order valence-electron chi connectivity index (χ4n) is 1.53. The molecule has 0 aliphatic carbocycles. The zero-order valence-corrected chi connectivity index (χ0v) is 9.25. The second-order valence-electron chi connectivity index (χ2n) is 3.42. The zero-order chi connectivity index (χ0) is 12.3. The lowest BCUT2D eigenvalue weighted by Crippen LogP contribution is -2.02. The number of hydrogen-bond acceptors (Lipinski definition) is 3. The number of aromatic nitrogens is 1. The van der Waals surface area contributed by atoms with Gasteiger partial charge < -0.3 is 9.84 Å². The normalized spacial score (nSPS) is 9.94. The molecule has 0 saturated heterocycles. The minimum Gasteiger partial charge on any atom is -0.494 e. The molecule has 0 atom stereocenters. The van der Waals surface area contributed by atoms with Crippen molar-refractivity contribution >= 4 is 5.97 Å². The highest BCUT2D eigenvalue weighted by Gasteiger charge is 2.12. The van der Waals surface area contributed by atoms with Gasteiger partial charge in [-0.25, -0.2) is 9.78 Å². The molecule has 0 aliphatic rings. The predicted molar refractivity (Wildman–Crippen MR) is 63.2 cm³/mol. The van der Waals surface area contributed by atoms with E-state index in [0.717, 1.165) is 5.56 Å². The standard InChI is InChI=1S/C13H11NO3/c1-17-11-8-7-10(13(15)16)14-12(11)9-5-3-2-4-6-9/h2-8H,1H3,(H,15,16). The molecule has 0 fully saturated rings. The van der Waals surface area contributed by atoms with E-state index >= 15 is 0 Å². The van der Waals surface area contributed by atoms with E-state index in [1.54, 1.807) is 6.07 Å². The average molecular weight is 229 g/mol. The molecule has 1 heterocycles. The predicted octanol–water partition coefficient (Wildman–Crippen LogP) is 2.46.